The first kappa shape index (κ1) is 20.9. The van der Waals surface area contributed by atoms with Gasteiger partial charge in [0.25, 0.3) is 0 Å². The highest BCUT2D eigenvalue weighted by molar-refractivity contribution is 8.01. The van der Waals surface area contributed by atoms with Gasteiger partial charge in [-0.3, -0.25) is 4.79 Å². The number of ether oxygens (including phenoxy) is 2. The van der Waals surface area contributed by atoms with E-state index in [1.54, 1.807) is 32.4 Å². The van der Waals surface area contributed by atoms with Crippen molar-refractivity contribution < 1.29 is 14.3 Å². The zero-order valence-electron chi connectivity index (χ0n) is 16.6. The molecule has 0 saturated heterocycles. The number of carbonyl (C=O) groups excluding carboxylic acids is 1. The lowest BCUT2D eigenvalue weighted by molar-refractivity contribution is -0.113. The van der Waals surface area contributed by atoms with Crippen molar-refractivity contribution in [3.63, 3.8) is 0 Å². The molecule has 1 heterocycles. The number of aromatic nitrogens is 2. The molecule has 0 unspecified atom stereocenters. The van der Waals surface area contributed by atoms with Gasteiger partial charge in [-0.15, -0.1) is 10.2 Å². The lowest BCUT2D eigenvalue weighted by Crippen LogP contribution is -2.14. The minimum absolute atomic E-state index is 0.138. The lowest BCUT2D eigenvalue weighted by Gasteiger charge is -2.10. The number of carbonyl (C=O) groups is 1. The summed E-state index contributed by atoms with van der Waals surface area (Å²) in [5.41, 5.74) is 4.03. The summed E-state index contributed by atoms with van der Waals surface area (Å²) < 4.78 is 11.2. The molecule has 1 amide bonds. The Bertz CT molecular complexity index is 1010. The summed E-state index contributed by atoms with van der Waals surface area (Å²) in [6.07, 6.45) is 0. The van der Waals surface area contributed by atoms with Gasteiger partial charge < -0.3 is 20.1 Å². The van der Waals surface area contributed by atoms with E-state index in [1.807, 2.05) is 12.1 Å². The second-order valence-electron chi connectivity index (χ2n) is 6.15. The second-order valence-corrected chi connectivity index (χ2v) is 8.35. The van der Waals surface area contributed by atoms with Crippen LogP contribution < -0.4 is 20.1 Å². The molecule has 0 radical (unpaired) electrons. The number of thioether (sulfide) groups is 1. The Kier molecular flexibility index (Phi) is 6.95. The summed E-state index contributed by atoms with van der Waals surface area (Å²) in [5.74, 6) is 1.26. The van der Waals surface area contributed by atoms with Gasteiger partial charge in [-0.1, -0.05) is 35.2 Å². The van der Waals surface area contributed by atoms with Gasteiger partial charge in [-0.2, -0.15) is 0 Å². The van der Waals surface area contributed by atoms with E-state index in [2.05, 4.69) is 40.7 Å². The molecule has 0 spiro atoms. The van der Waals surface area contributed by atoms with Crippen molar-refractivity contribution in [3.8, 4) is 11.5 Å². The first-order valence-electron chi connectivity index (χ1n) is 8.81. The summed E-state index contributed by atoms with van der Waals surface area (Å²) in [5, 5.41) is 15.1. The molecule has 3 aromatic rings. The Morgan fingerprint density at radius 3 is 2.66 bits per heavy atom. The number of amides is 1. The van der Waals surface area contributed by atoms with Gasteiger partial charge in [0.1, 0.15) is 0 Å². The van der Waals surface area contributed by atoms with Crippen molar-refractivity contribution in [2.45, 2.75) is 18.2 Å². The molecule has 152 valence electrons. The highest BCUT2D eigenvalue weighted by Crippen LogP contribution is 2.31. The van der Waals surface area contributed by atoms with Gasteiger partial charge >= 0.3 is 0 Å². The number of methoxy groups -OCH3 is 2. The SMILES string of the molecule is COc1ccc(NC(=O)CSc2nnc(Nc3cccc(C)c3C)s2)cc1OC. The highest BCUT2D eigenvalue weighted by atomic mass is 32.2. The Morgan fingerprint density at radius 2 is 1.90 bits per heavy atom. The number of anilines is 3. The van der Waals surface area contributed by atoms with Crippen LogP contribution in [0, 0.1) is 13.8 Å². The zero-order valence-corrected chi connectivity index (χ0v) is 18.2. The van der Waals surface area contributed by atoms with E-state index in [9.17, 15) is 4.79 Å². The number of hydrogen-bond acceptors (Lipinski definition) is 8. The summed E-state index contributed by atoms with van der Waals surface area (Å²) in [4.78, 5) is 12.3. The highest BCUT2D eigenvalue weighted by Gasteiger charge is 2.11. The van der Waals surface area contributed by atoms with Gasteiger partial charge in [0.2, 0.25) is 11.0 Å². The molecule has 29 heavy (non-hydrogen) atoms. The molecule has 0 atom stereocenters. The van der Waals surface area contributed by atoms with Crippen LogP contribution in [0.1, 0.15) is 11.1 Å². The maximum atomic E-state index is 12.3. The summed E-state index contributed by atoms with van der Waals surface area (Å²) in [6.45, 7) is 4.13. The summed E-state index contributed by atoms with van der Waals surface area (Å²) in [7, 11) is 3.12. The van der Waals surface area contributed by atoms with Crippen molar-refractivity contribution in [1.29, 1.82) is 0 Å². The fraction of sp³-hybridized carbons (Fsp3) is 0.250. The quantitative estimate of drug-likeness (QED) is 0.503. The third-order valence-corrected chi connectivity index (χ3v) is 6.22. The second kappa shape index (κ2) is 9.62. The molecule has 0 bridgehead atoms. The number of aryl methyl sites for hydroxylation is 1. The van der Waals surface area contributed by atoms with Crippen LogP contribution in [0.4, 0.5) is 16.5 Å². The van der Waals surface area contributed by atoms with Crippen LogP contribution >= 0.6 is 23.1 Å². The summed E-state index contributed by atoms with van der Waals surface area (Å²) in [6, 6.07) is 11.3. The Morgan fingerprint density at radius 1 is 1.10 bits per heavy atom. The number of rotatable bonds is 8. The largest absolute Gasteiger partial charge is 0.493 e. The fourth-order valence-corrected chi connectivity index (χ4v) is 4.12. The molecule has 2 N–H and O–H groups in total. The van der Waals surface area contributed by atoms with E-state index < -0.39 is 0 Å². The molecule has 0 aliphatic carbocycles. The van der Waals surface area contributed by atoms with Crippen LogP contribution in [0.3, 0.4) is 0 Å². The third-order valence-electron chi connectivity index (χ3n) is 4.25. The number of hydrogen-bond donors (Lipinski definition) is 2. The number of benzene rings is 2. The molecule has 1 aromatic heterocycles. The average Bonchev–Trinajstić information content (AvgIpc) is 3.17. The molecule has 0 aliphatic rings. The van der Waals surface area contributed by atoms with E-state index in [1.165, 1.54) is 34.2 Å². The maximum absolute atomic E-state index is 12.3. The van der Waals surface area contributed by atoms with Crippen molar-refractivity contribution in [2.75, 3.05) is 30.6 Å². The predicted molar refractivity (Wildman–Crippen MR) is 118 cm³/mol. The van der Waals surface area contributed by atoms with Gasteiger partial charge in [0.15, 0.2) is 15.8 Å². The smallest absolute Gasteiger partial charge is 0.234 e. The first-order valence-corrected chi connectivity index (χ1v) is 10.6. The van der Waals surface area contributed by atoms with E-state index >= 15 is 0 Å². The van der Waals surface area contributed by atoms with Crippen LogP contribution in [-0.4, -0.2) is 36.1 Å². The molecule has 0 aliphatic heterocycles. The van der Waals surface area contributed by atoms with Crippen molar-refractivity contribution in [2.24, 2.45) is 0 Å². The fourth-order valence-electron chi connectivity index (χ4n) is 2.56. The van der Waals surface area contributed by atoms with Crippen LogP contribution in [0.5, 0.6) is 11.5 Å². The Hall–Kier alpha value is -2.78. The minimum atomic E-state index is -0.138. The Labute approximate surface area is 177 Å². The molecule has 0 fully saturated rings. The number of nitrogens with one attached hydrogen (secondary N) is 2. The van der Waals surface area contributed by atoms with Crippen molar-refractivity contribution >= 4 is 45.5 Å². The van der Waals surface area contributed by atoms with E-state index in [-0.39, 0.29) is 11.7 Å². The molecule has 0 saturated carbocycles. The minimum Gasteiger partial charge on any atom is -0.493 e. The van der Waals surface area contributed by atoms with Gasteiger partial charge in [-0.05, 0) is 43.2 Å². The van der Waals surface area contributed by atoms with Crippen molar-refractivity contribution in [3.05, 3.63) is 47.5 Å². The average molecular weight is 431 g/mol. The van der Waals surface area contributed by atoms with Crippen LogP contribution in [0.2, 0.25) is 0 Å². The Balaban J connectivity index is 1.55. The molecule has 7 nitrogen and oxygen atoms in total. The standard InChI is InChI=1S/C20H22N4O3S2/c1-12-6-5-7-15(13(12)2)22-19-23-24-20(29-19)28-11-18(25)21-14-8-9-16(26-3)17(10-14)27-4/h5-10H,11H2,1-4H3,(H,21,25)(H,22,23). The molecule has 9 heteroatoms. The van der Waals surface area contributed by atoms with E-state index in [4.69, 9.17) is 9.47 Å². The molecule has 3 rings (SSSR count). The van der Waals surface area contributed by atoms with Gasteiger partial charge in [-0.25, -0.2) is 0 Å². The number of nitrogens with zero attached hydrogens (tertiary/aromatic N) is 2. The normalized spacial score (nSPS) is 10.5. The first-order chi connectivity index (χ1) is 14.0. The molecule has 2 aromatic carbocycles. The van der Waals surface area contributed by atoms with Gasteiger partial charge in [0, 0.05) is 17.4 Å². The predicted octanol–water partition coefficient (Wildman–Crippen LogP) is 4.65. The van der Waals surface area contributed by atoms with Crippen LogP contribution in [0.15, 0.2) is 40.7 Å². The van der Waals surface area contributed by atoms with Crippen LogP contribution in [-0.2, 0) is 4.79 Å². The topological polar surface area (TPSA) is 85.4 Å². The van der Waals surface area contributed by atoms with E-state index in [0.29, 0.717) is 22.3 Å². The van der Waals surface area contributed by atoms with E-state index in [0.717, 1.165) is 10.0 Å². The lowest BCUT2D eigenvalue weighted by atomic mass is 10.1. The van der Waals surface area contributed by atoms with Gasteiger partial charge in [0.05, 0.1) is 20.0 Å². The monoisotopic (exact) mass is 430 g/mol. The zero-order chi connectivity index (χ0) is 20.8. The summed E-state index contributed by atoms with van der Waals surface area (Å²) >= 11 is 2.76. The molecular weight excluding hydrogens is 408 g/mol. The third kappa shape index (κ3) is 5.39. The molecular formula is C20H22N4O3S2. The van der Waals surface area contributed by atoms with Crippen LogP contribution in [0.25, 0.3) is 0 Å². The maximum Gasteiger partial charge on any atom is 0.234 e. The van der Waals surface area contributed by atoms with Crippen molar-refractivity contribution in [1.82, 2.24) is 10.2 Å².